The second-order valence-corrected chi connectivity index (χ2v) is 6.44. The SMILES string of the molecule is CCN=c1scc(-c2cc3ccccc3o2)n1N=Cc1ccccc1F. The molecule has 0 fully saturated rings. The Morgan fingerprint density at radius 2 is 1.96 bits per heavy atom. The summed E-state index contributed by atoms with van der Waals surface area (Å²) in [5.41, 5.74) is 2.02. The van der Waals surface area contributed by atoms with Crippen molar-refractivity contribution < 1.29 is 8.81 Å². The monoisotopic (exact) mass is 365 g/mol. The quantitative estimate of drug-likeness (QED) is 0.474. The molecule has 6 heteroatoms. The lowest BCUT2D eigenvalue weighted by molar-refractivity contribution is 0.621. The van der Waals surface area contributed by atoms with E-state index in [4.69, 9.17) is 4.42 Å². The summed E-state index contributed by atoms with van der Waals surface area (Å²) >= 11 is 1.47. The van der Waals surface area contributed by atoms with Gasteiger partial charge in [0.05, 0.1) is 6.21 Å². The maximum atomic E-state index is 13.9. The van der Waals surface area contributed by atoms with Gasteiger partial charge in [0.15, 0.2) is 5.76 Å². The zero-order chi connectivity index (χ0) is 17.9. The lowest BCUT2D eigenvalue weighted by atomic mass is 10.2. The van der Waals surface area contributed by atoms with Crippen molar-refractivity contribution in [2.75, 3.05) is 6.54 Å². The largest absolute Gasteiger partial charge is 0.454 e. The molecule has 26 heavy (non-hydrogen) atoms. The van der Waals surface area contributed by atoms with Crippen LogP contribution in [0.1, 0.15) is 12.5 Å². The molecule has 0 unspecified atom stereocenters. The van der Waals surface area contributed by atoms with Crippen LogP contribution in [0.25, 0.3) is 22.4 Å². The maximum absolute atomic E-state index is 13.9. The van der Waals surface area contributed by atoms with Gasteiger partial charge in [0, 0.05) is 22.9 Å². The second kappa shape index (κ2) is 7.09. The van der Waals surface area contributed by atoms with Crippen LogP contribution in [-0.2, 0) is 0 Å². The number of nitrogens with zero attached hydrogens (tertiary/aromatic N) is 3. The fraction of sp³-hybridized carbons (Fsp3) is 0.100. The number of furan rings is 1. The first-order chi connectivity index (χ1) is 12.8. The van der Waals surface area contributed by atoms with Gasteiger partial charge in [-0.25, -0.2) is 9.07 Å². The van der Waals surface area contributed by atoms with Crippen molar-refractivity contribution in [3.8, 4) is 11.5 Å². The minimum atomic E-state index is -0.314. The van der Waals surface area contributed by atoms with E-state index in [1.54, 1.807) is 22.9 Å². The molecule has 0 radical (unpaired) electrons. The van der Waals surface area contributed by atoms with Crippen molar-refractivity contribution in [1.82, 2.24) is 4.68 Å². The van der Waals surface area contributed by atoms with Crippen molar-refractivity contribution >= 4 is 28.5 Å². The summed E-state index contributed by atoms with van der Waals surface area (Å²) in [5, 5.41) is 7.44. The van der Waals surface area contributed by atoms with E-state index in [0.29, 0.717) is 17.9 Å². The zero-order valence-electron chi connectivity index (χ0n) is 14.1. The summed E-state index contributed by atoms with van der Waals surface area (Å²) in [6, 6.07) is 16.3. The number of halogens is 1. The maximum Gasteiger partial charge on any atom is 0.206 e. The van der Waals surface area contributed by atoms with Gasteiger partial charge in [-0.3, -0.25) is 4.99 Å². The first kappa shape index (κ1) is 16.5. The molecule has 0 aliphatic rings. The number of fused-ring (bicyclic) bond motifs is 1. The highest BCUT2D eigenvalue weighted by atomic mass is 32.1. The van der Waals surface area contributed by atoms with Gasteiger partial charge < -0.3 is 4.42 Å². The molecule has 130 valence electrons. The van der Waals surface area contributed by atoms with E-state index < -0.39 is 0 Å². The Balaban J connectivity index is 1.84. The van der Waals surface area contributed by atoms with Crippen LogP contribution < -0.4 is 4.80 Å². The Morgan fingerprint density at radius 1 is 1.15 bits per heavy atom. The fourth-order valence-electron chi connectivity index (χ4n) is 2.63. The Kier molecular flexibility index (Phi) is 4.50. The number of hydrogen-bond acceptors (Lipinski definition) is 4. The highest BCUT2D eigenvalue weighted by molar-refractivity contribution is 7.07. The van der Waals surface area contributed by atoms with Crippen LogP contribution in [0.4, 0.5) is 4.39 Å². The number of para-hydroxylation sites is 1. The lowest BCUT2D eigenvalue weighted by Crippen LogP contribution is -2.12. The number of hydrogen-bond donors (Lipinski definition) is 0. The van der Waals surface area contributed by atoms with Crippen LogP contribution in [0.5, 0.6) is 0 Å². The van der Waals surface area contributed by atoms with E-state index in [9.17, 15) is 4.39 Å². The standard InChI is InChI=1S/C20H16FN3OS/c1-2-22-20-24(23-12-15-8-3-5-9-16(15)21)17(13-26-20)19-11-14-7-4-6-10-18(14)25-19/h3-13H,2H2,1H3. The van der Waals surface area contributed by atoms with Crippen LogP contribution in [0.3, 0.4) is 0 Å². The molecule has 4 rings (SSSR count). The molecule has 2 heterocycles. The van der Waals surface area contributed by atoms with E-state index in [2.05, 4.69) is 10.1 Å². The summed E-state index contributed by atoms with van der Waals surface area (Å²) in [6.45, 7) is 2.60. The molecule has 0 saturated carbocycles. The van der Waals surface area contributed by atoms with Crippen LogP contribution in [0.15, 0.2) is 74.5 Å². The van der Waals surface area contributed by atoms with Crippen molar-refractivity contribution in [3.05, 3.63) is 76.2 Å². The third kappa shape index (κ3) is 3.11. The first-order valence-corrected chi connectivity index (χ1v) is 9.13. The number of rotatable bonds is 4. The second-order valence-electron chi connectivity index (χ2n) is 5.60. The van der Waals surface area contributed by atoms with Gasteiger partial charge in [0.1, 0.15) is 17.1 Å². The molecule has 0 bridgehead atoms. The summed E-state index contributed by atoms with van der Waals surface area (Å²) < 4.78 is 21.5. The normalized spacial score (nSPS) is 12.5. The molecule has 0 amide bonds. The van der Waals surface area contributed by atoms with Crippen molar-refractivity contribution in [2.24, 2.45) is 10.1 Å². The molecule has 2 aromatic carbocycles. The Labute approximate surface area is 153 Å². The topological polar surface area (TPSA) is 42.8 Å². The third-order valence-electron chi connectivity index (χ3n) is 3.87. The highest BCUT2D eigenvalue weighted by Gasteiger charge is 2.12. The van der Waals surface area contributed by atoms with Crippen LogP contribution in [0.2, 0.25) is 0 Å². The minimum absolute atomic E-state index is 0.314. The molecular formula is C20H16FN3OS. The number of thiazole rings is 1. The van der Waals surface area contributed by atoms with Gasteiger partial charge in [0.25, 0.3) is 0 Å². The molecule has 0 atom stereocenters. The molecular weight excluding hydrogens is 349 g/mol. The summed E-state index contributed by atoms with van der Waals surface area (Å²) in [6.07, 6.45) is 1.50. The predicted molar refractivity (Wildman–Crippen MR) is 103 cm³/mol. The van der Waals surface area contributed by atoms with E-state index in [1.807, 2.05) is 42.6 Å². The number of aromatic nitrogens is 1. The van der Waals surface area contributed by atoms with E-state index in [1.165, 1.54) is 23.6 Å². The average Bonchev–Trinajstić information content (AvgIpc) is 3.25. The van der Waals surface area contributed by atoms with Crippen molar-refractivity contribution in [1.29, 1.82) is 0 Å². The third-order valence-corrected chi connectivity index (χ3v) is 4.73. The molecule has 2 aromatic heterocycles. The molecule has 0 N–H and O–H groups in total. The van der Waals surface area contributed by atoms with Gasteiger partial charge in [0.2, 0.25) is 4.80 Å². The van der Waals surface area contributed by atoms with Gasteiger partial charge in [-0.2, -0.15) is 5.10 Å². The highest BCUT2D eigenvalue weighted by Crippen LogP contribution is 2.28. The van der Waals surface area contributed by atoms with Gasteiger partial charge >= 0.3 is 0 Å². The lowest BCUT2D eigenvalue weighted by Gasteiger charge is -2.01. The Hall–Kier alpha value is -2.99. The van der Waals surface area contributed by atoms with E-state index in [0.717, 1.165) is 21.5 Å². The molecule has 0 aliphatic carbocycles. The van der Waals surface area contributed by atoms with Crippen LogP contribution in [0, 0.1) is 5.82 Å². The van der Waals surface area contributed by atoms with Crippen molar-refractivity contribution in [2.45, 2.75) is 6.92 Å². The van der Waals surface area contributed by atoms with Gasteiger partial charge in [-0.1, -0.05) is 36.4 Å². The Bertz CT molecular complexity index is 1120. The predicted octanol–water partition coefficient (Wildman–Crippen LogP) is 4.90. The average molecular weight is 365 g/mol. The summed E-state index contributed by atoms with van der Waals surface area (Å²) in [4.78, 5) is 5.21. The molecule has 4 nitrogen and oxygen atoms in total. The first-order valence-electron chi connectivity index (χ1n) is 8.25. The molecule has 0 aliphatic heterocycles. The Morgan fingerprint density at radius 3 is 2.77 bits per heavy atom. The number of benzene rings is 2. The van der Waals surface area contributed by atoms with E-state index in [-0.39, 0.29) is 5.82 Å². The van der Waals surface area contributed by atoms with Gasteiger partial charge in [-0.05, 0) is 25.1 Å². The van der Waals surface area contributed by atoms with Crippen LogP contribution >= 0.6 is 11.3 Å². The molecule has 0 spiro atoms. The van der Waals surface area contributed by atoms with Crippen LogP contribution in [-0.4, -0.2) is 17.4 Å². The van der Waals surface area contributed by atoms with E-state index >= 15 is 0 Å². The minimum Gasteiger partial charge on any atom is -0.454 e. The summed E-state index contributed by atoms with van der Waals surface area (Å²) in [7, 11) is 0. The zero-order valence-corrected chi connectivity index (χ0v) is 14.9. The summed E-state index contributed by atoms with van der Waals surface area (Å²) in [5.74, 6) is 0.386. The van der Waals surface area contributed by atoms with Gasteiger partial charge in [-0.15, -0.1) is 11.3 Å². The van der Waals surface area contributed by atoms with Crippen molar-refractivity contribution in [3.63, 3.8) is 0 Å². The smallest absolute Gasteiger partial charge is 0.206 e. The molecule has 0 saturated heterocycles. The molecule has 4 aromatic rings. The fourth-order valence-corrected chi connectivity index (χ4v) is 3.51.